The lowest BCUT2D eigenvalue weighted by atomic mass is 9.91. The van der Waals surface area contributed by atoms with Crippen LogP contribution < -0.4 is 5.32 Å². The van der Waals surface area contributed by atoms with Crippen molar-refractivity contribution in [2.45, 2.75) is 53.9 Å². The molecule has 0 rings (SSSR count). The average molecular weight is 213 g/mol. The fraction of sp³-hybridized carbons (Fsp3) is 0.923. The summed E-state index contributed by atoms with van der Waals surface area (Å²) in [5, 5.41) is 2.87. The van der Waals surface area contributed by atoms with Gasteiger partial charge in [0.15, 0.2) is 0 Å². The maximum atomic E-state index is 10.7. The molecule has 2 heteroatoms. The summed E-state index contributed by atoms with van der Waals surface area (Å²) in [5.41, 5.74) is 0. The molecule has 15 heavy (non-hydrogen) atoms. The first-order chi connectivity index (χ1) is 6.91. The number of rotatable bonds is 7. The van der Waals surface area contributed by atoms with E-state index in [0.29, 0.717) is 5.92 Å². The quantitative estimate of drug-likeness (QED) is 0.691. The Balaban J connectivity index is 3.52. The van der Waals surface area contributed by atoms with Crippen LogP contribution in [0.15, 0.2) is 0 Å². The molecule has 90 valence electrons. The van der Waals surface area contributed by atoms with E-state index in [1.54, 1.807) is 6.92 Å². The molecule has 1 unspecified atom stereocenters. The molecule has 0 aromatic rings. The van der Waals surface area contributed by atoms with Gasteiger partial charge in [0, 0.05) is 13.5 Å². The molecule has 0 fully saturated rings. The summed E-state index contributed by atoms with van der Waals surface area (Å²) in [6.45, 7) is 11.5. The van der Waals surface area contributed by atoms with Crippen molar-refractivity contribution in [1.29, 1.82) is 0 Å². The maximum Gasteiger partial charge on any atom is 0.216 e. The Hall–Kier alpha value is -0.530. The van der Waals surface area contributed by atoms with Crippen LogP contribution in [-0.4, -0.2) is 12.5 Å². The number of hydrogen-bond donors (Lipinski definition) is 1. The number of hydrogen-bond acceptors (Lipinski definition) is 1. The van der Waals surface area contributed by atoms with Crippen molar-refractivity contribution < 1.29 is 4.79 Å². The van der Waals surface area contributed by atoms with Crippen molar-refractivity contribution in [1.82, 2.24) is 5.32 Å². The van der Waals surface area contributed by atoms with Crippen LogP contribution in [0.2, 0.25) is 0 Å². The number of carbonyl (C=O) groups is 1. The first-order valence-corrected chi connectivity index (χ1v) is 6.16. The summed E-state index contributed by atoms with van der Waals surface area (Å²) in [5.74, 6) is 2.29. The van der Waals surface area contributed by atoms with Crippen molar-refractivity contribution in [3.8, 4) is 0 Å². The SMILES string of the molecule is CC(=O)NC[C@@H](C)CCC(C)CC(C)C. The third-order valence-corrected chi connectivity index (χ3v) is 2.73. The lowest BCUT2D eigenvalue weighted by molar-refractivity contribution is -0.119. The van der Waals surface area contributed by atoms with Gasteiger partial charge >= 0.3 is 0 Å². The summed E-state index contributed by atoms with van der Waals surface area (Å²) in [6.07, 6.45) is 3.81. The summed E-state index contributed by atoms with van der Waals surface area (Å²) >= 11 is 0. The predicted molar refractivity (Wildman–Crippen MR) is 65.7 cm³/mol. The molecule has 0 saturated heterocycles. The zero-order valence-corrected chi connectivity index (χ0v) is 11.0. The van der Waals surface area contributed by atoms with Crippen LogP contribution in [-0.2, 0) is 4.79 Å². The lowest BCUT2D eigenvalue weighted by Gasteiger charge is -2.17. The number of amides is 1. The van der Waals surface area contributed by atoms with Gasteiger partial charge in [-0.05, 0) is 30.6 Å². The maximum absolute atomic E-state index is 10.7. The highest BCUT2D eigenvalue weighted by Crippen LogP contribution is 2.18. The van der Waals surface area contributed by atoms with Gasteiger partial charge in [-0.2, -0.15) is 0 Å². The molecule has 0 aliphatic heterocycles. The second-order valence-electron chi connectivity index (χ2n) is 5.35. The van der Waals surface area contributed by atoms with Crippen LogP contribution in [0.4, 0.5) is 0 Å². The Morgan fingerprint density at radius 3 is 2.07 bits per heavy atom. The molecule has 2 nitrogen and oxygen atoms in total. The molecular formula is C13H27NO. The molecule has 0 heterocycles. The second kappa shape index (κ2) is 7.72. The van der Waals surface area contributed by atoms with E-state index in [-0.39, 0.29) is 5.91 Å². The molecule has 0 saturated carbocycles. The minimum atomic E-state index is 0.0806. The highest BCUT2D eigenvalue weighted by molar-refractivity contribution is 5.72. The van der Waals surface area contributed by atoms with E-state index >= 15 is 0 Å². The summed E-state index contributed by atoms with van der Waals surface area (Å²) < 4.78 is 0. The standard InChI is InChI=1S/C13H27NO/c1-10(2)8-11(3)6-7-12(4)9-14-13(5)15/h10-12H,6-9H2,1-5H3,(H,14,15)/t11?,12-/m0/s1. The third kappa shape index (κ3) is 9.77. The summed E-state index contributed by atoms with van der Waals surface area (Å²) in [7, 11) is 0. The van der Waals surface area contributed by atoms with E-state index in [9.17, 15) is 4.79 Å². The largest absolute Gasteiger partial charge is 0.356 e. The zero-order valence-electron chi connectivity index (χ0n) is 11.0. The first kappa shape index (κ1) is 14.5. The third-order valence-electron chi connectivity index (χ3n) is 2.73. The summed E-state index contributed by atoms with van der Waals surface area (Å²) in [4.78, 5) is 10.7. The van der Waals surface area contributed by atoms with E-state index in [4.69, 9.17) is 0 Å². The average Bonchev–Trinajstić information content (AvgIpc) is 2.10. The van der Waals surface area contributed by atoms with Crippen molar-refractivity contribution in [3.63, 3.8) is 0 Å². The van der Waals surface area contributed by atoms with Crippen LogP contribution >= 0.6 is 0 Å². The molecule has 0 aromatic heterocycles. The van der Waals surface area contributed by atoms with Gasteiger partial charge in [-0.15, -0.1) is 0 Å². The van der Waals surface area contributed by atoms with Gasteiger partial charge in [-0.1, -0.05) is 34.1 Å². The molecule has 0 spiro atoms. The van der Waals surface area contributed by atoms with E-state index in [0.717, 1.165) is 18.4 Å². The first-order valence-electron chi connectivity index (χ1n) is 6.16. The Labute approximate surface area is 94.8 Å². The van der Waals surface area contributed by atoms with Gasteiger partial charge in [0.2, 0.25) is 5.91 Å². The highest BCUT2D eigenvalue weighted by atomic mass is 16.1. The van der Waals surface area contributed by atoms with Gasteiger partial charge in [-0.3, -0.25) is 4.79 Å². The molecule has 0 aliphatic carbocycles. The fourth-order valence-corrected chi connectivity index (χ4v) is 1.91. The van der Waals surface area contributed by atoms with Gasteiger partial charge in [-0.25, -0.2) is 0 Å². The van der Waals surface area contributed by atoms with Gasteiger partial charge in [0.1, 0.15) is 0 Å². The Bertz CT molecular complexity index is 177. The normalized spacial score (nSPS) is 15.1. The molecular weight excluding hydrogens is 186 g/mol. The Morgan fingerprint density at radius 1 is 1.07 bits per heavy atom. The molecule has 1 N–H and O–H groups in total. The van der Waals surface area contributed by atoms with Gasteiger partial charge < -0.3 is 5.32 Å². The lowest BCUT2D eigenvalue weighted by Crippen LogP contribution is -2.25. The minimum absolute atomic E-state index is 0.0806. The van der Waals surface area contributed by atoms with E-state index in [1.807, 2.05) is 0 Å². The Morgan fingerprint density at radius 2 is 1.60 bits per heavy atom. The van der Waals surface area contributed by atoms with Crippen LogP contribution in [0, 0.1) is 17.8 Å². The van der Waals surface area contributed by atoms with Crippen molar-refractivity contribution >= 4 is 5.91 Å². The molecule has 0 bridgehead atoms. The topological polar surface area (TPSA) is 29.1 Å². The fourth-order valence-electron chi connectivity index (χ4n) is 1.91. The van der Waals surface area contributed by atoms with Crippen molar-refractivity contribution in [3.05, 3.63) is 0 Å². The molecule has 0 aromatic carbocycles. The molecule has 1 amide bonds. The monoisotopic (exact) mass is 213 g/mol. The number of carbonyl (C=O) groups excluding carboxylic acids is 1. The van der Waals surface area contributed by atoms with Gasteiger partial charge in [0.25, 0.3) is 0 Å². The van der Waals surface area contributed by atoms with Crippen LogP contribution in [0.1, 0.15) is 53.9 Å². The minimum Gasteiger partial charge on any atom is -0.356 e. The van der Waals surface area contributed by atoms with Gasteiger partial charge in [0.05, 0.1) is 0 Å². The Kier molecular flexibility index (Phi) is 7.45. The van der Waals surface area contributed by atoms with Crippen molar-refractivity contribution in [2.24, 2.45) is 17.8 Å². The summed E-state index contributed by atoms with van der Waals surface area (Å²) in [6, 6.07) is 0. The van der Waals surface area contributed by atoms with Crippen LogP contribution in [0.5, 0.6) is 0 Å². The van der Waals surface area contributed by atoms with Crippen LogP contribution in [0.3, 0.4) is 0 Å². The highest BCUT2D eigenvalue weighted by Gasteiger charge is 2.08. The molecule has 0 radical (unpaired) electrons. The van der Waals surface area contributed by atoms with E-state index in [1.165, 1.54) is 19.3 Å². The van der Waals surface area contributed by atoms with Crippen LogP contribution in [0.25, 0.3) is 0 Å². The van der Waals surface area contributed by atoms with E-state index in [2.05, 4.69) is 33.0 Å². The molecule has 0 aliphatic rings. The molecule has 2 atom stereocenters. The smallest absolute Gasteiger partial charge is 0.216 e. The second-order valence-corrected chi connectivity index (χ2v) is 5.35. The predicted octanol–water partition coefficient (Wildman–Crippen LogP) is 3.22. The number of nitrogens with one attached hydrogen (secondary N) is 1. The van der Waals surface area contributed by atoms with E-state index < -0.39 is 0 Å². The van der Waals surface area contributed by atoms with Crippen molar-refractivity contribution in [2.75, 3.05) is 6.54 Å². The zero-order chi connectivity index (χ0) is 11.8.